The van der Waals surface area contributed by atoms with Crippen LogP contribution < -0.4 is 5.32 Å². The molecule has 0 bridgehead atoms. The summed E-state index contributed by atoms with van der Waals surface area (Å²) in [5.41, 5.74) is 0. The van der Waals surface area contributed by atoms with E-state index in [0.29, 0.717) is 25.4 Å². The summed E-state index contributed by atoms with van der Waals surface area (Å²) in [7, 11) is 0. The normalized spacial score (nSPS) is 32.9. The van der Waals surface area contributed by atoms with Crippen molar-refractivity contribution >= 4 is 12.1 Å². The van der Waals surface area contributed by atoms with Crippen molar-refractivity contribution in [1.82, 2.24) is 10.2 Å². The zero-order chi connectivity index (χ0) is 13.1. The summed E-state index contributed by atoms with van der Waals surface area (Å²) in [5, 5.41) is 11.9. The lowest BCUT2D eigenvalue weighted by Gasteiger charge is -2.37. The van der Waals surface area contributed by atoms with Crippen molar-refractivity contribution in [3.8, 4) is 0 Å². The van der Waals surface area contributed by atoms with Crippen LogP contribution in [-0.4, -0.2) is 53.8 Å². The van der Waals surface area contributed by atoms with E-state index < -0.39 is 18.1 Å². The van der Waals surface area contributed by atoms with Crippen LogP contribution in [0.1, 0.15) is 26.2 Å². The highest BCUT2D eigenvalue weighted by Gasteiger charge is 2.35. The number of nitrogens with one attached hydrogen (secondary N) is 1. The summed E-state index contributed by atoms with van der Waals surface area (Å²) in [6, 6.07) is -0.442. The molecule has 2 aliphatic rings. The fraction of sp³-hybridized carbons (Fsp3) is 0.833. The number of nitrogens with zero attached hydrogens (tertiary/aromatic N) is 1. The molecule has 2 heterocycles. The van der Waals surface area contributed by atoms with E-state index in [1.54, 1.807) is 0 Å². The van der Waals surface area contributed by atoms with Gasteiger partial charge >= 0.3 is 12.1 Å². The zero-order valence-corrected chi connectivity index (χ0v) is 10.6. The molecule has 18 heavy (non-hydrogen) atoms. The summed E-state index contributed by atoms with van der Waals surface area (Å²) < 4.78 is 5.06. The van der Waals surface area contributed by atoms with E-state index in [0.717, 1.165) is 19.4 Å². The number of carboxylic acids is 1. The average molecular weight is 256 g/mol. The second-order valence-electron chi connectivity index (χ2n) is 5.06. The number of aliphatic carboxylic acids is 1. The van der Waals surface area contributed by atoms with Crippen LogP contribution in [0.15, 0.2) is 0 Å². The van der Waals surface area contributed by atoms with Gasteiger partial charge in [0.25, 0.3) is 0 Å². The number of hydrogen-bond donors (Lipinski definition) is 2. The SMILES string of the molecule is CCC1CCN(CC2CNC(=O)O2)C(C(=O)O)C1. The van der Waals surface area contributed by atoms with Crippen LogP contribution in [0, 0.1) is 5.92 Å². The largest absolute Gasteiger partial charge is 0.480 e. The third-order valence-corrected chi connectivity index (χ3v) is 3.87. The number of carboxylic acid groups (broad SMARTS) is 1. The van der Waals surface area contributed by atoms with Crippen LogP contribution in [0.25, 0.3) is 0 Å². The molecule has 0 saturated carbocycles. The Morgan fingerprint density at radius 3 is 2.94 bits per heavy atom. The first-order valence-electron chi connectivity index (χ1n) is 6.51. The van der Waals surface area contributed by atoms with Crippen LogP contribution in [0.2, 0.25) is 0 Å². The van der Waals surface area contributed by atoms with Crippen molar-refractivity contribution in [2.45, 2.75) is 38.3 Å². The molecule has 2 saturated heterocycles. The van der Waals surface area contributed by atoms with Crippen molar-refractivity contribution in [2.24, 2.45) is 5.92 Å². The second-order valence-corrected chi connectivity index (χ2v) is 5.06. The van der Waals surface area contributed by atoms with E-state index in [1.807, 2.05) is 4.90 Å². The lowest BCUT2D eigenvalue weighted by Crippen LogP contribution is -2.50. The molecular formula is C12H20N2O4. The van der Waals surface area contributed by atoms with Crippen molar-refractivity contribution in [3.63, 3.8) is 0 Å². The molecule has 0 aromatic rings. The van der Waals surface area contributed by atoms with Crippen molar-refractivity contribution in [1.29, 1.82) is 0 Å². The lowest BCUT2D eigenvalue weighted by atomic mass is 9.88. The topological polar surface area (TPSA) is 78.9 Å². The molecule has 0 aromatic carbocycles. The Hall–Kier alpha value is -1.30. The maximum absolute atomic E-state index is 11.3. The number of carbonyl (C=O) groups excluding carboxylic acids is 1. The number of rotatable bonds is 4. The second kappa shape index (κ2) is 5.56. The van der Waals surface area contributed by atoms with Gasteiger partial charge in [0.05, 0.1) is 6.54 Å². The Morgan fingerprint density at radius 1 is 1.61 bits per heavy atom. The van der Waals surface area contributed by atoms with Gasteiger partial charge in [0.15, 0.2) is 0 Å². The lowest BCUT2D eigenvalue weighted by molar-refractivity contribution is -0.146. The third kappa shape index (κ3) is 2.93. The predicted molar refractivity (Wildman–Crippen MR) is 64.3 cm³/mol. The van der Waals surface area contributed by atoms with E-state index in [4.69, 9.17) is 4.74 Å². The Balaban J connectivity index is 1.93. The molecule has 6 nitrogen and oxygen atoms in total. The number of cyclic esters (lactones) is 1. The number of carbonyl (C=O) groups is 2. The van der Waals surface area contributed by atoms with E-state index in [1.165, 1.54) is 0 Å². The summed E-state index contributed by atoms with van der Waals surface area (Å²) in [5.74, 6) is -0.281. The van der Waals surface area contributed by atoms with Gasteiger partial charge in [-0.2, -0.15) is 0 Å². The van der Waals surface area contributed by atoms with Gasteiger partial charge in [-0.15, -0.1) is 0 Å². The van der Waals surface area contributed by atoms with Crippen LogP contribution >= 0.6 is 0 Å². The van der Waals surface area contributed by atoms with Gasteiger partial charge in [0.1, 0.15) is 12.1 Å². The smallest absolute Gasteiger partial charge is 0.407 e. The molecule has 3 atom stereocenters. The van der Waals surface area contributed by atoms with Gasteiger partial charge in [-0.25, -0.2) is 4.79 Å². The molecule has 2 N–H and O–H groups in total. The maximum Gasteiger partial charge on any atom is 0.407 e. The number of amides is 1. The number of piperidine rings is 1. The average Bonchev–Trinajstić information content (AvgIpc) is 2.75. The molecule has 3 unspecified atom stereocenters. The number of alkyl carbamates (subject to hydrolysis) is 1. The molecule has 2 fully saturated rings. The fourth-order valence-electron chi connectivity index (χ4n) is 2.73. The van der Waals surface area contributed by atoms with Gasteiger partial charge in [-0.3, -0.25) is 9.69 Å². The molecule has 6 heteroatoms. The third-order valence-electron chi connectivity index (χ3n) is 3.87. The maximum atomic E-state index is 11.3. The Labute approximate surface area is 106 Å². The van der Waals surface area contributed by atoms with Crippen LogP contribution in [0.3, 0.4) is 0 Å². The first kappa shape index (κ1) is 13.1. The molecule has 1 amide bonds. The first-order chi connectivity index (χ1) is 8.60. The minimum Gasteiger partial charge on any atom is -0.480 e. The molecule has 0 aliphatic carbocycles. The van der Waals surface area contributed by atoms with Crippen LogP contribution in [-0.2, 0) is 9.53 Å². The highest BCUT2D eigenvalue weighted by Crippen LogP contribution is 2.26. The van der Waals surface area contributed by atoms with Gasteiger partial charge in [0.2, 0.25) is 0 Å². The highest BCUT2D eigenvalue weighted by atomic mass is 16.6. The Bertz CT molecular complexity index is 334. The Morgan fingerprint density at radius 2 is 2.39 bits per heavy atom. The number of likely N-dealkylation sites (tertiary alicyclic amines) is 1. The molecule has 2 aliphatic heterocycles. The van der Waals surface area contributed by atoms with E-state index in [9.17, 15) is 14.7 Å². The van der Waals surface area contributed by atoms with Gasteiger partial charge in [-0.05, 0) is 25.3 Å². The summed E-state index contributed by atoms with van der Waals surface area (Å²) >= 11 is 0. The minimum atomic E-state index is -0.773. The minimum absolute atomic E-state index is 0.225. The van der Waals surface area contributed by atoms with Gasteiger partial charge in [-0.1, -0.05) is 13.3 Å². The van der Waals surface area contributed by atoms with E-state index in [-0.39, 0.29) is 6.10 Å². The van der Waals surface area contributed by atoms with Crippen LogP contribution in [0.4, 0.5) is 4.79 Å². The quantitative estimate of drug-likeness (QED) is 0.773. The highest BCUT2D eigenvalue weighted by molar-refractivity contribution is 5.73. The Kier molecular flexibility index (Phi) is 4.06. The number of hydrogen-bond acceptors (Lipinski definition) is 4. The van der Waals surface area contributed by atoms with E-state index in [2.05, 4.69) is 12.2 Å². The summed E-state index contributed by atoms with van der Waals surface area (Å²) in [6.07, 6.45) is 2.11. The van der Waals surface area contributed by atoms with Gasteiger partial charge < -0.3 is 15.2 Å². The monoisotopic (exact) mass is 256 g/mol. The molecule has 2 rings (SSSR count). The standard InChI is InChI=1S/C12H20N2O4/c1-2-8-3-4-14(10(5-8)11(15)16)7-9-6-13-12(17)18-9/h8-10H,2-7H2,1H3,(H,13,17)(H,15,16). The van der Waals surface area contributed by atoms with Crippen molar-refractivity contribution < 1.29 is 19.4 Å². The molecule has 0 aromatic heterocycles. The van der Waals surface area contributed by atoms with Crippen molar-refractivity contribution in [2.75, 3.05) is 19.6 Å². The summed E-state index contributed by atoms with van der Waals surface area (Å²) in [4.78, 5) is 24.2. The predicted octanol–water partition coefficient (Wildman–Crippen LogP) is 0.670. The molecule has 102 valence electrons. The molecule has 0 radical (unpaired) electrons. The van der Waals surface area contributed by atoms with Crippen LogP contribution in [0.5, 0.6) is 0 Å². The van der Waals surface area contributed by atoms with E-state index >= 15 is 0 Å². The van der Waals surface area contributed by atoms with Crippen molar-refractivity contribution in [3.05, 3.63) is 0 Å². The fourth-order valence-corrected chi connectivity index (χ4v) is 2.73. The van der Waals surface area contributed by atoms with Gasteiger partial charge in [0, 0.05) is 6.54 Å². The zero-order valence-electron chi connectivity index (χ0n) is 10.6. The molecule has 0 spiro atoms. The summed E-state index contributed by atoms with van der Waals surface area (Å²) in [6.45, 7) is 3.84. The first-order valence-corrected chi connectivity index (χ1v) is 6.51. The molecular weight excluding hydrogens is 236 g/mol. The number of ether oxygens (including phenoxy) is 1.